The average molecular weight is 341 g/mol. The van der Waals surface area contributed by atoms with E-state index in [1.54, 1.807) is 0 Å². The minimum atomic E-state index is -0.612. The Morgan fingerprint density at radius 2 is 1.82 bits per heavy atom. The summed E-state index contributed by atoms with van der Waals surface area (Å²) in [6, 6.07) is 6.37. The Morgan fingerprint density at radius 3 is 2.50 bits per heavy atom. The van der Waals surface area contributed by atoms with E-state index >= 15 is 0 Å². The van der Waals surface area contributed by atoms with Crippen molar-refractivity contribution in [2.24, 2.45) is 5.10 Å². The van der Waals surface area contributed by atoms with Crippen LogP contribution < -0.4 is 5.43 Å². The fraction of sp³-hybridized carbons (Fsp3) is 0. The first-order valence-electron chi connectivity index (χ1n) is 5.92. The van der Waals surface area contributed by atoms with Gasteiger partial charge in [0.15, 0.2) is 11.5 Å². The number of phenols is 3. The summed E-state index contributed by atoms with van der Waals surface area (Å²) in [5.41, 5.74) is 2.53. The van der Waals surface area contributed by atoms with Gasteiger partial charge in [0.2, 0.25) is 0 Å². The summed E-state index contributed by atoms with van der Waals surface area (Å²) in [5.74, 6) is -1.58. The molecule has 0 saturated carbocycles. The Kier molecular flexibility index (Phi) is 4.75. The van der Waals surface area contributed by atoms with Gasteiger partial charge < -0.3 is 15.3 Å². The largest absolute Gasteiger partial charge is 0.506 e. The maximum Gasteiger partial charge on any atom is 0.271 e. The molecule has 0 saturated heterocycles. The van der Waals surface area contributed by atoms with Crippen LogP contribution in [0.4, 0.5) is 0 Å². The highest BCUT2D eigenvalue weighted by Crippen LogP contribution is 2.30. The van der Waals surface area contributed by atoms with Crippen LogP contribution >= 0.6 is 23.2 Å². The normalized spacial score (nSPS) is 10.8. The predicted molar refractivity (Wildman–Crippen MR) is 83.0 cm³/mol. The highest BCUT2D eigenvalue weighted by atomic mass is 35.5. The summed E-state index contributed by atoms with van der Waals surface area (Å²) in [6.45, 7) is 0. The zero-order chi connectivity index (χ0) is 16.3. The summed E-state index contributed by atoms with van der Waals surface area (Å²) >= 11 is 11.5. The van der Waals surface area contributed by atoms with Crippen molar-refractivity contribution in [3.05, 3.63) is 51.5 Å². The number of carbonyl (C=O) groups is 1. The van der Waals surface area contributed by atoms with Crippen LogP contribution in [0.25, 0.3) is 0 Å². The molecule has 0 heterocycles. The van der Waals surface area contributed by atoms with E-state index in [4.69, 9.17) is 28.3 Å². The van der Waals surface area contributed by atoms with Crippen molar-refractivity contribution in [2.45, 2.75) is 0 Å². The molecular formula is C14H10Cl2N2O4. The van der Waals surface area contributed by atoms with Crippen molar-refractivity contribution in [1.29, 1.82) is 0 Å². The fourth-order valence-electron chi connectivity index (χ4n) is 1.57. The number of hydrogen-bond donors (Lipinski definition) is 4. The van der Waals surface area contributed by atoms with Crippen LogP contribution in [0.15, 0.2) is 35.4 Å². The van der Waals surface area contributed by atoms with Gasteiger partial charge in [0.1, 0.15) is 5.75 Å². The van der Waals surface area contributed by atoms with Crippen LogP contribution in [-0.4, -0.2) is 27.4 Å². The van der Waals surface area contributed by atoms with E-state index in [9.17, 15) is 15.0 Å². The van der Waals surface area contributed by atoms with Gasteiger partial charge in [-0.3, -0.25) is 4.79 Å². The van der Waals surface area contributed by atoms with Crippen LogP contribution in [-0.2, 0) is 0 Å². The molecule has 4 N–H and O–H groups in total. The number of rotatable bonds is 3. The van der Waals surface area contributed by atoms with Crippen molar-refractivity contribution in [3.8, 4) is 17.2 Å². The molecule has 0 unspecified atom stereocenters. The lowest BCUT2D eigenvalue weighted by Crippen LogP contribution is -2.17. The number of phenolic OH excluding ortho intramolecular Hbond substituents is 3. The van der Waals surface area contributed by atoms with E-state index < -0.39 is 11.7 Å². The molecule has 2 aromatic carbocycles. The summed E-state index contributed by atoms with van der Waals surface area (Å²) in [5, 5.41) is 32.2. The molecule has 1 amide bonds. The Balaban J connectivity index is 2.12. The van der Waals surface area contributed by atoms with Gasteiger partial charge in [0.05, 0.1) is 11.2 Å². The number of hydrogen-bond acceptors (Lipinski definition) is 5. The quantitative estimate of drug-likeness (QED) is 0.392. The van der Waals surface area contributed by atoms with E-state index in [1.165, 1.54) is 30.5 Å². The van der Waals surface area contributed by atoms with Gasteiger partial charge in [0, 0.05) is 16.1 Å². The van der Waals surface area contributed by atoms with E-state index in [0.29, 0.717) is 5.02 Å². The zero-order valence-electron chi connectivity index (χ0n) is 10.9. The van der Waals surface area contributed by atoms with Crippen LogP contribution in [0.1, 0.15) is 15.9 Å². The standard InChI is InChI=1S/C14H10Cl2N2O4/c15-9-3-8(13(21)10(16)5-9)6-17-18-14(22)7-1-2-11(19)12(20)4-7/h1-6,19-21H,(H,18,22)/b17-6+. The second kappa shape index (κ2) is 6.55. The van der Waals surface area contributed by atoms with Gasteiger partial charge in [-0.05, 0) is 30.3 Å². The van der Waals surface area contributed by atoms with Crippen molar-refractivity contribution in [3.63, 3.8) is 0 Å². The second-order valence-corrected chi connectivity index (χ2v) is 5.07. The average Bonchev–Trinajstić information content (AvgIpc) is 2.46. The lowest BCUT2D eigenvalue weighted by Gasteiger charge is -2.03. The Hall–Kier alpha value is -2.44. The molecule has 0 atom stereocenters. The predicted octanol–water partition coefficient (Wildman–Crippen LogP) is 2.87. The van der Waals surface area contributed by atoms with Crippen molar-refractivity contribution < 1.29 is 20.1 Å². The van der Waals surface area contributed by atoms with Crippen molar-refractivity contribution >= 4 is 35.3 Å². The zero-order valence-corrected chi connectivity index (χ0v) is 12.4. The number of nitrogens with zero attached hydrogens (tertiary/aromatic N) is 1. The number of aromatic hydroxyl groups is 3. The lowest BCUT2D eigenvalue weighted by atomic mass is 10.2. The maximum absolute atomic E-state index is 11.8. The molecule has 2 aromatic rings. The highest BCUT2D eigenvalue weighted by Gasteiger charge is 2.09. The van der Waals surface area contributed by atoms with Gasteiger partial charge in [-0.15, -0.1) is 0 Å². The van der Waals surface area contributed by atoms with Crippen LogP contribution in [0.3, 0.4) is 0 Å². The van der Waals surface area contributed by atoms with Gasteiger partial charge in [0.25, 0.3) is 5.91 Å². The minimum absolute atomic E-state index is 0.0590. The molecule has 6 nitrogen and oxygen atoms in total. The van der Waals surface area contributed by atoms with E-state index in [0.717, 1.165) is 6.07 Å². The number of amides is 1. The molecule has 0 bridgehead atoms. The fourth-order valence-corrected chi connectivity index (χ4v) is 2.08. The third kappa shape index (κ3) is 3.60. The summed E-state index contributed by atoms with van der Waals surface area (Å²) < 4.78 is 0. The molecule has 0 fully saturated rings. The monoisotopic (exact) mass is 340 g/mol. The molecule has 0 aliphatic carbocycles. The molecule has 2 rings (SSSR count). The number of carbonyl (C=O) groups excluding carboxylic acids is 1. The second-order valence-electron chi connectivity index (χ2n) is 4.23. The molecule has 0 spiro atoms. The Labute approximate surface area is 135 Å². The molecule has 114 valence electrons. The van der Waals surface area contributed by atoms with Gasteiger partial charge >= 0.3 is 0 Å². The van der Waals surface area contributed by atoms with E-state index in [2.05, 4.69) is 10.5 Å². The number of halogens is 2. The third-order valence-electron chi connectivity index (χ3n) is 2.66. The Morgan fingerprint density at radius 1 is 1.09 bits per heavy atom. The van der Waals surface area contributed by atoms with Crippen molar-refractivity contribution in [1.82, 2.24) is 5.43 Å². The van der Waals surface area contributed by atoms with Crippen LogP contribution in [0.2, 0.25) is 10.0 Å². The first-order chi connectivity index (χ1) is 10.4. The summed E-state index contributed by atoms with van der Waals surface area (Å²) in [6.07, 6.45) is 1.17. The smallest absolute Gasteiger partial charge is 0.271 e. The number of hydrazone groups is 1. The van der Waals surface area contributed by atoms with E-state index in [-0.39, 0.29) is 27.6 Å². The first-order valence-corrected chi connectivity index (χ1v) is 6.67. The summed E-state index contributed by atoms with van der Waals surface area (Å²) in [7, 11) is 0. The SMILES string of the molecule is O=C(N/N=C/c1cc(Cl)cc(Cl)c1O)c1ccc(O)c(O)c1. The number of benzene rings is 2. The molecule has 22 heavy (non-hydrogen) atoms. The minimum Gasteiger partial charge on any atom is -0.506 e. The lowest BCUT2D eigenvalue weighted by molar-refractivity contribution is 0.0954. The third-order valence-corrected chi connectivity index (χ3v) is 3.17. The molecule has 0 aliphatic heterocycles. The molecule has 0 aromatic heterocycles. The highest BCUT2D eigenvalue weighted by molar-refractivity contribution is 6.36. The van der Waals surface area contributed by atoms with Gasteiger partial charge in [-0.1, -0.05) is 23.2 Å². The van der Waals surface area contributed by atoms with Crippen LogP contribution in [0.5, 0.6) is 17.2 Å². The first kappa shape index (κ1) is 15.9. The van der Waals surface area contributed by atoms with Gasteiger partial charge in [-0.2, -0.15) is 5.10 Å². The van der Waals surface area contributed by atoms with E-state index in [1.807, 2.05) is 0 Å². The van der Waals surface area contributed by atoms with Crippen molar-refractivity contribution in [2.75, 3.05) is 0 Å². The molecular weight excluding hydrogens is 331 g/mol. The Bertz CT molecular complexity index is 763. The number of nitrogens with one attached hydrogen (secondary N) is 1. The van der Waals surface area contributed by atoms with Crippen LogP contribution in [0, 0.1) is 0 Å². The molecule has 8 heteroatoms. The molecule has 0 aliphatic rings. The maximum atomic E-state index is 11.8. The van der Waals surface area contributed by atoms with Gasteiger partial charge in [-0.25, -0.2) is 5.43 Å². The topological polar surface area (TPSA) is 102 Å². The molecule has 0 radical (unpaired) electrons. The summed E-state index contributed by atoms with van der Waals surface area (Å²) in [4.78, 5) is 11.8.